The predicted molar refractivity (Wildman–Crippen MR) is 218 cm³/mol. The zero-order chi connectivity index (χ0) is 33.5. The van der Waals surface area contributed by atoms with E-state index < -0.39 is 0 Å². The maximum absolute atomic E-state index is 5.35. The van der Waals surface area contributed by atoms with Gasteiger partial charge in [-0.3, -0.25) is 0 Å². The third kappa shape index (κ3) is 4.42. The maximum atomic E-state index is 5.35. The van der Waals surface area contributed by atoms with Gasteiger partial charge in [-0.05, 0) is 48.5 Å². The Morgan fingerprint density at radius 2 is 1.10 bits per heavy atom. The topological polar surface area (TPSA) is 30.7 Å². The molecule has 0 fully saturated rings. The summed E-state index contributed by atoms with van der Waals surface area (Å²) < 4.78 is 7.51. The highest BCUT2D eigenvalue weighted by atomic mass is 32.1. The van der Waals surface area contributed by atoms with E-state index >= 15 is 0 Å². The largest absolute Gasteiger partial charge is 0.308 e. The molecule has 0 atom stereocenters. The Morgan fingerprint density at radius 3 is 1.98 bits per heavy atom. The average molecular weight is 686 g/mol. The van der Waals surface area contributed by atoms with Crippen LogP contribution in [-0.2, 0) is 0 Å². The first-order valence-corrected chi connectivity index (χ1v) is 18.7. The summed E-state index contributed by atoms with van der Waals surface area (Å²) in [5, 5.41) is 7.55. The second-order valence-electron chi connectivity index (χ2n) is 12.9. The van der Waals surface area contributed by atoms with Gasteiger partial charge in [-0.25, -0.2) is 9.97 Å². The van der Waals surface area contributed by atoms with Crippen molar-refractivity contribution < 1.29 is 0 Å². The molecule has 4 heterocycles. The number of aromatic nitrogens is 3. The predicted octanol–water partition coefficient (Wildman–Crippen LogP) is 13.3. The van der Waals surface area contributed by atoms with Gasteiger partial charge in [-0.2, -0.15) is 0 Å². The van der Waals surface area contributed by atoms with E-state index in [0.717, 1.165) is 39.6 Å². The molecule has 238 valence electrons. The third-order valence-electron chi connectivity index (χ3n) is 10.0. The highest BCUT2D eigenvalue weighted by Gasteiger charge is 2.20. The van der Waals surface area contributed by atoms with Crippen LogP contribution in [0.5, 0.6) is 0 Å². The number of rotatable bonds is 4. The van der Waals surface area contributed by atoms with E-state index in [9.17, 15) is 0 Å². The van der Waals surface area contributed by atoms with Crippen LogP contribution in [0.2, 0.25) is 0 Å². The van der Waals surface area contributed by atoms with Crippen LogP contribution in [0.25, 0.3) is 102 Å². The molecule has 0 bridgehead atoms. The fourth-order valence-electron chi connectivity index (χ4n) is 7.69. The summed E-state index contributed by atoms with van der Waals surface area (Å²) in [6.45, 7) is 0. The number of thiophene rings is 2. The van der Waals surface area contributed by atoms with E-state index in [2.05, 4.69) is 168 Å². The van der Waals surface area contributed by atoms with Crippen molar-refractivity contribution >= 4 is 84.8 Å². The van der Waals surface area contributed by atoms with Gasteiger partial charge < -0.3 is 4.57 Å². The quantitative estimate of drug-likeness (QED) is 0.185. The molecule has 0 spiro atoms. The molecule has 0 saturated heterocycles. The molecule has 0 aliphatic heterocycles. The maximum Gasteiger partial charge on any atom is 0.160 e. The molecule has 11 aromatic rings. The highest BCUT2D eigenvalue weighted by Crippen LogP contribution is 2.46. The zero-order valence-corrected chi connectivity index (χ0v) is 28.9. The van der Waals surface area contributed by atoms with E-state index in [-0.39, 0.29) is 0 Å². The average Bonchev–Trinajstić information content (AvgIpc) is 3.88. The van der Waals surface area contributed by atoms with Gasteiger partial charge in [0.25, 0.3) is 0 Å². The zero-order valence-electron chi connectivity index (χ0n) is 27.2. The van der Waals surface area contributed by atoms with Crippen molar-refractivity contribution in [1.82, 2.24) is 14.5 Å². The van der Waals surface area contributed by atoms with E-state index in [0.29, 0.717) is 0 Å². The van der Waals surface area contributed by atoms with Crippen LogP contribution in [0.15, 0.2) is 164 Å². The molecule has 0 N–H and O–H groups in total. The third-order valence-corrected chi connectivity index (χ3v) is 12.4. The monoisotopic (exact) mass is 685 g/mol. The SMILES string of the molecule is c1ccc(-c2cc(-c3cccc4c3sc3c4ccc4c5ccccc5n(-c5ccccc5)c43)nc(-c3ccc4sc5ccccc5c4c3)n2)cc1. The molecule has 5 heteroatoms. The van der Waals surface area contributed by atoms with E-state index in [4.69, 9.17) is 9.97 Å². The Bertz CT molecular complexity index is 3130. The number of hydrogen-bond donors (Lipinski definition) is 0. The van der Waals surface area contributed by atoms with Crippen LogP contribution in [0, 0.1) is 0 Å². The second kappa shape index (κ2) is 11.2. The number of nitrogens with zero attached hydrogens (tertiary/aromatic N) is 3. The fourth-order valence-corrected chi connectivity index (χ4v) is 10.1. The molecule has 0 aliphatic carbocycles. The van der Waals surface area contributed by atoms with Gasteiger partial charge in [-0.15, -0.1) is 22.7 Å². The number of fused-ring (bicyclic) bond motifs is 10. The molecule has 0 unspecified atom stereocenters. The lowest BCUT2D eigenvalue weighted by atomic mass is 10.0. The summed E-state index contributed by atoms with van der Waals surface area (Å²) in [5.41, 5.74) is 8.67. The standard InChI is InChI=1S/C46H27N3S2/c1-3-12-28(13-4-1)38-27-39(48-46(47-38)29-22-25-42-37(26-29)32-17-8-10-21-41(32)50-42)36-19-11-18-34-35-24-23-33-31-16-7-9-20-40(31)49(30-14-5-2-6-15-30)43(33)45(35)51-44(34)36/h1-27H. The number of para-hydroxylation sites is 2. The van der Waals surface area contributed by atoms with Crippen molar-refractivity contribution in [2.24, 2.45) is 0 Å². The molecule has 0 aliphatic rings. The minimum atomic E-state index is 0.730. The normalized spacial score (nSPS) is 11.9. The highest BCUT2D eigenvalue weighted by molar-refractivity contribution is 7.27. The van der Waals surface area contributed by atoms with Crippen molar-refractivity contribution in [3.63, 3.8) is 0 Å². The van der Waals surface area contributed by atoms with Gasteiger partial charge in [0.15, 0.2) is 5.82 Å². The molecule has 0 amide bonds. The van der Waals surface area contributed by atoms with Gasteiger partial charge in [-0.1, -0.05) is 115 Å². The Balaban J connectivity index is 1.18. The van der Waals surface area contributed by atoms with E-state index in [1.54, 1.807) is 0 Å². The van der Waals surface area contributed by atoms with Crippen molar-refractivity contribution in [1.29, 1.82) is 0 Å². The van der Waals surface area contributed by atoms with Crippen LogP contribution in [0.3, 0.4) is 0 Å². The van der Waals surface area contributed by atoms with Gasteiger partial charge in [0.05, 0.1) is 27.1 Å². The minimum absolute atomic E-state index is 0.730. The van der Waals surface area contributed by atoms with Crippen LogP contribution in [0.4, 0.5) is 0 Å². The summed E-state index contributed by atoms with van der Waals surface area (Å²) in [7, 11) is 0. The Hall–Kier alpha value is -6.14. The molecule has 7 aromatic carbocycles. The van der Waals surface area contributed by atoms with Crippen molar-refractivity contribution in [3.05, 3.63) is 164 Å². The van der Waals surface area contributed by atoms with Gasteiger partial charge in [0, 0.05) is 68.8 Å². The molecule has 0 radical (unpaired) electrons. The molecule has 51 heavy (non-hydrogen) atoms. The Morgan fingerprint density at radius 1 is 0.412 bits per heavy atom. The Kier molecular flexibility index (Phi) is 6.29. The first kappa shape index (κ1) is 28.7. The van der Waals surface area contributed by atoms with Crippen LogP contribution in [-0.4, -0.2) is 14.5 Å². The molecular weight excluding hydrogens is 659 g/mol. The van der Waals surface area contributed by atoms with Crippen LogP contribution in [0.1, 0.15) is 0 Å². The fraction of sp³-hybridized carbons (Fsp3) is 0. The summed E-state index contributed by atoms with van der Waals surface area (Å²) in [4.78, 5) is 10.5. The van der Waals surface area contributed by atoms with Crippen molar-refractivity contribution in [2.45, 2.75) is 0 Å². The van der Waals surface area contributed by atoms with Crippen molar-refractivity contribution in [2.75, 3.05) is 0 Å². The van der Waals surface area contributed by atoms with Crippen LogP contribution < -0.4 is 0 Å². The van der Waals surface area contributed by atoms with Crippen molar-refractivity contribution in [3.8, 4) is 39.6 Å². The lowest BCUT2D eigenvalue weighted by molar-refractivity contribution is 1.19. The minimum Gasteiger partial charge on any atom is -0.308 e. The van der Waals surface area contributed by atoms with Crippen LogP contribution >= 0.6 is 22.7 Å². The summed E-state index contributed by atoms with van der Waals surface area (Å²) in [6.07, 6.45) is 0. The molecule has 11 rings (SSSR count). The van der Waals surface area contributed by atoms with E-state index in [1.165, 1.54) is 62.2 Å². The lowest BCUT2D eigenvalue weighted by Gasteiger charge is -2.10. The molecule has 3 nitrogen and oxygen atoms in total. The van der Waals surface area contributed by atoms with E-state index in [1.807, 2.05) is 22.7 Å². The first-order chi connectivity index (χ1) is 25.3. The smallest absolute Gasteiger partial charge is 0.160 e. The summed E-state index contributed by atoms with van der Waals surface area (Å²) in [5.74, 6) is 0.730. The first-order valence-electron chi connectivity index (χ1n) is 17.1. The van der Waals surface area contributed by atoms with Gasteiger partial charge >= 0.3 is 0 Å². The second-order valence-corrected chi connectivity index (χ2v) is 15.1. The number of benzene rings is 7. The summed E-state index contributed by atoms with van der Waals surface area (Å²) >= 11 is 3.69. The lowest BCUT2D eigenvalue weighted by Crippen LogP contribution is -1.96. The molecule has 0 saturated carbocycles. The molecule has 4 aromatic heterocycles. The summed E-state index contributed by atoms with van der Waals surface area (Å²) in [6, 6.07) is 58.6. The van der Waals surface area contributed by atoms with Gasteiger partial charge in [0.2, 0.25) is 0 Å². The Labute approximate surface area is 301 Å². The molecular formula is C46H27N3S2. The number of hydrogen-bond acceptors (Lipinski definition) is 4. The van der Waals surface area contributed by atoms with Gasteiger partial charge in [0.1, 0.15) is 0 Å².